The standard InChI is InChI=1S/C27H33N3O4S3/c1-4-15(2)30-25(32)21-16-11-8-9-13-18(16)36-23(21)29-27(30)35-14-20(31)28-24-22(26(33)34-3)17-10-6-5-7-12-19(17)37-24/h15H,4-14H2,1-3H3,(H,28,31)/t15-/m1/s1. The Labute approximate surface area is 229 Å². The first-order chi connectivity index (χ1) is 17.9. The third-order valence-corrected chi connectivity index (χ3v) is 10.8. The van der Waals surface area contributed by atoms with Crippen molar-refractivity contribution in [3.05, 3.63) is 36.8 Å². The minimum absolute atomic E-state index is 0.0108. The first-order valence-corrected chi connectivity index (χ1v) is 15.8. The summed E-state index contributed by atoms with van der Waals surface area (Å²) in [5.41, 5.74) is 2.72. The highest BCUT2D eigenvalue weighted by Gasteiger charge is 2.27. The summed E-state index contributed by atoms with van der Waals surface area (Å²) < 4.78 is 6.83. The van der Waals surface area contributed by atoms with E-state index in [4.69, 9.17) is 9.72 Å². The third kappa shape index (κ3) is 5.12. The van der Waals surface area contributed by atoms with Crippen LogP contribution in [0.2, 0.25) is 0 Å². The van der Waals surface area contributed by atoms with E-state index in [-0.39, 0.29) is 23.3 Å². The van der Waals surface area contributed by atoms with Crippen molar-refractivity contribution in [3.63, 3.8) is 0 Å². The molecule has 37 heavy (non-hydrogen) atoms. The normalized spacial score (nSPS) is 16.1. The smallest absolute Gasteiger partial charge is 0.341 e. The molecule has 1 N–H and O–H groups in total. The van der Waals surface area contributed by atoms with E-state index in [9.17, 15) is 14.4 Å². The molecule has 1 atom stereocenters. The maximum atomic E-state index is 13.7. The topological polar surface area (TPSA) is 90.3 Å². The minimum Gasteiger partial charge on any atom is -0.465 e. The molecule has 0 aliphatic heterocycles. The molecular weight excluding hydrogens is 527 g/mol. The number of hydrogen-bond acceptors (Lipinski definition) is 8. The highest BCUT2D eigenvalue weighted by Crippen LogP contribution is 2.39. The summed E-state index contributed by atoms with van der Waals surface area (Å²) in [7, 11) is 1.38. The van der Waals surface area contributed by atoms with Gasteiger partial charge in [0.2, 0.25) is 5.91 Å². The first-order valence-electron chi connectivity index (χ1n) is 13.1. The van der Waals surface area contributed by atoms with Gasteiger partial charge in [0.05, 0.1) is 23.8 Å². The predicted octanol–water partition coefficient (Wildman–Crippen LogP) is 6.16. The lowest BCUT2D eigenvalue weighted by Crippen LogP contribution is -2.27. The van der Waals surface area contributed by atoms with Gasteiger partial charge in [-0.1, -0.05) is 25.1 Å². The van der Waals surface area contributed by atoms with E-state index in [0.717, 1.165) is 80.0 Å². The summed E-state index contributed by atoms with van der Waals surface area (Å²) in [6, 6.07) is -0.0204. The molecule has 3 aromatic heterocycles. The van der Waals surface area contributed by atoms with Gasteiger partial charge in [0.15, 0.2) is 5.16 Å². The van der Waals surface area contributed by atoms with Crippen molar-refractivity contribution in [2.75, 3.05) is 18.2 Å². The quantitative estimate of drug-likeness (QED) is 0.161. The molecule has 0 fully saturated rings. The molecule has 0 radical (unpaired) electrons. The monoisotopic (exact) mass is 559 g/mol. The molecule has 0 unspecified atom stereocenters. The Balaban J connectivity index is 1.42. The van der Waals surface area contributed by atoms with E-state index in [1.165, 1.54) is 45.5 Å². The Morgan fingerprint density at radius 2 is 1.73 bits per heavy atom. The molecule has 1 amide bonds. The zero-order chi connectivity index (χ0) is 26.1. The summed E-state index contributed by atoms with van der Waals surface area (Å²) in [5, 5.41) is 4.89. The summed E-state index contributed by atoms with van der Waals surface area (Å²) in [6.45, 7) is 4.08. The van der Waals surface area contributed by atoms with Crippen LogP contribution in [0, 0.1) is 0 Å². The molecule has 2 aliphatic carbocycles. The van der Waals surface area contributed by atoms with Crippen molar-refractivity contribution in [1.29, 1.82) is 0 Å². The number of ether oxygens (including phenoxy) is 1. The zero-order valence-corrected chi connectivity index (χ0v) is 24.1. The maximum Gasteiger partial charge on any atom is 0.341 e. The van der Waals surface area contributed by atoms with Crippen LogP contribution in [-0.2, 0) is 35.2 Å². The van der Waals surface area contributed by atoms with Crippen LogP contribution >= 0.6 is 34.4 Å². The van der Waals surface area contributed by atoms with Crippen molar-refractivity contribution in [3.8, 4) is 0 Å². The van der Waals surface area contributed by atoms with Crippen molar-refractivity contribution < 1.29 is 14.3 Å². The van der Waals surface area contributed by atoms with Crippen LogP contribution in [-0.4, -0.2) is 34.3 Å². The van der Waals surface area contributed by atoms with Crippen molar-refractivity contribution in [2.45, 2.75) is 89.3 Å². The van der Waals surface area contributed by atoms with Crippen molar-refractivity contribution in [2.24, 2.45) is 0 Å². The number of carbonyl (C=O) groups is 2. The zero-order valence-electron chi connectivity index (χ0n) is 21.6. The number of aromatic nitrogens is 2. The van der Waals surface area contributed by atoms with Crippen LogP contribution in [0.15, 0.2) is 9.95 Å². The van der Waals surface area contributed by atoms with E-state index in [1.54, 1.807) is 15.9 Å². The molecule has 0 saturated heterocycles. The Hall–Kier alpha value is -2.17. The second-order valence-electron chi connectivity index (χ2n) is 9.81. The molecule has 3 aromatic rings. The molecular formula is C27H33N3O4S3. The third-order valence-electron chi connectivity index (χ3n) is 7.42. The van der Waals surface area contributed by atoms with Gasteiger partial charge in [-0.3, -0.25) is 14.2 Å². The summed E-state index contributed by atoms with van der Waals surface area (Å²) >= 11 is 4.40. The number of fused-ring (bicyclic) bond motifs is 4. The van der Waals surface area contributed by atoms with Gasteiger partial charge in [-0.2, -0.15) is 0 Å². The lowest BCUT2D eigenvalue weighted by atomic mass is 9.97. The molecule has 0 saturated carbocycles. The fourth-order valence-electron chi connectivity index (χ4n) is 5.31. The molecule has 5 rings (SSSR count). The average molecular weight is 560 g/mol. The predicted molar refractivity (Wildman–Crippen MR) is 152 cm³/mol. The van der Waals surface area contributed by atoms with Gasteiger partial charge in [0, 0.05) is 15.8 Å². The number of thioether (sulfide) groups is 1. The number of esters is 1. The van der Waals surface area contributed by atoms with Gasteiger partial charge < -0.3 is 10.1 Å². The van der Waals surface area contributed by atoms with Gasteiger partial charge in [-0.05, 0) is 75.8 Å². The Morgan fingerprint density at radius 1 is 1.05 bits per heavy atom. The fourth-order valence-corrected chi connectivity index (χ4v) is 8.81. The molecule has 10 heteroatoms. The lowest BCUT2D eigenvalue weighted by molar-refractivity contribution is -0.113. The van der Waals surface area contributed by atoms with Crippen LogP contribution in [0.4, 0.5) is 5.00 Å². The number of anilines is 1. The second kappa shape index (κ2) is 11.3. The largest absolute Gasteiger partial charge is 0.465 e. The van der Waals surface area contributed by atoms with Crippen LogP contribution in [0.1, 0.15) is 89.7 Å². The lowest BCUT2D eigenvalue weighted by Gasteiger charge is -2.18. The number of nitrogens with one attached hydrogen (secondary N) is 1. The van der Waals surface area contributed by atoms with Gasteiger partial charge >= 0.3 is 5.97 Å². The molecule has 2 aliphatic rings. The molecule has 3 heterocycles. The van der Waals surface area contributed by atoms with Gasteiger partial charge in [0.25, 0.3) is 5.56 Å². The highest BCUT2D eigenvalue weighted by molar-refractivity contribution is 7.99. The van der Waals surface area contributed by atoms with E-state index >= 15 is 0 Å². The highest BCUT2D eigenvalue weighted by atomic mass is 32.2. The summed E-state index contributed by atoms with van der Waals surface area (Å²) in [4.78, 5) is 47.5. The van der Waals surface area contributed by atoms with Gasteiger partial charge in [-0.25, -0.2) is 9.78 Å². The number of rotatable bonds is 7. The second-order valence-corrected chi connectivity index (χ2v) is 12.9. The number of amides is 1. The van der Waals surface area contributed by atoms with E-state index in [0.29, 0.717) is 15.7 Å². The Morgan fingerprint density at radius 3 is 2.49 bits per heavy atom. The molecule has 7 nitrogen and oxygen atoms in total. The summed E-state index contributed by atoms with van der Waals surface area (Å²) in [6.07, 6.45) is 10.0. The van der Waals surface area contributed by atoms with Gasteiger partial charge in [-0.15, -0.1) is 22.7 Å². The molecule has 198 valence electrons. The number of nitrogens with zero attached hydrogens (tertiary/aromatic N) is 2. The minimum atomic E-state index is -0.401. The van der Waals surface area contributed by atoms with E-state index < -0.39 is 5.97 Å². The number of methoxy groups -OCH3 is 1. The van der Waals surface area contributed by atoms with E-state index in [1.807, 2.05) is 6.92 Å². The maximum absolute atomic E-state index is 13.7. The number of hydrogen-bond donors (Lipinski definition) is 1. The van der Waals surface area contributed by atoms with Crippen molar-refractivity contribution in [1.82, 2.24) is 9.55 Å². The summed E-state index contributed by atoms with van der Waals surface area (Å²) in [5.74, 6) is -0.522. The first kappa shape index (κ1) is 26.4. The number of aryl methyl sites for hydroxylation is 3. The number of carbonyl (C=O) groups excluding carboxylic acids is 2. The Kier molecular flexibility index (Phi) is 8.07. The molecule has 0 aromatic carbocycles. The fraction of sp³-hybridized carbons (Fsp3) is 0.556. The van der Waals surface area contributed by atoms with Crippen LogP contribution in [0.3, 0.4) is 0 Å². The SMILES string of the molecule is CC[C@@H](C)n1c(SCC(=O)Nc2sc3c(c2C(=O)OC)CCCCC3)nc2sc3c(c2c1=O)CCCC3. The molecule has 0 bridgehead atoms. The van der Waals surface area contributed by atoms with Crippen LogP contribution in [0.25, 0.3) is 10.2 Å². The average Bonchev–Trinajstić information content (AvgIpc) is 3.35. The van der Waals surface area contributed by atoms with Crippen molar-refractivity contribution >= 4 is 61.5 Å². The molecule has 0 spiro atoms. The Bertz CT molecular complexity index is 1400. The van der Waals surface area contributed by atoms with Crippen LogP contribution in [0.5, 0.6) is 0 Å². The number of thiophene rings is 2. The van der Waals surface area contributed by atoms with E-state index in [2.05, 4.69) is 12.2 Å². The van der Waals surface area contributed by atoms with Gasteiger partial charge in [0.1, 0.15) is 9.83 Å². The van der Waals surface area contributed by atoms with Crippen LogP contribution < -0.4 is 10.9 Å².